The fourth-order valence-electron chi connectivity index (χ4n) is 1.51. The van der Waals surface area contributed by atoms with Crippen molar-refractivity contribution < 1.29 is 27.1 Å². The van der Waals surface area contributed by atoms with Crippen molar-refractivity contribution in [2.45, 2.75) is 6.36 Å². The van der Waals surface area contributed by atoms with Gasteiger partial charge in [-0.25, -0.2) is 0 Å². The summed E-state index contributed by atoms with van der Waals surface area (Å²) in [5.41, 5.74) is 0.824. The van der Waals surface area contributed by atoms with E-state index < -0.39 is 6.36 Å². The number of furan rings is 1. The molecule has 0 saturated carbocycles. The number of rotatable bonds is 3. The first-order valence-electron chi connectivity index (χ1n) is 4.88. The monoisotopic (exact) mass is 256 g/mol. The fraction of sp³-hybridized carbons (Fsp3) is 0.0833. The van der Waals surface area contributed by atoms with Crippen molar-refractivity contribution in [3.63, 3.8) is 0 Å². The Hall–Kier alpha value is -2.24. The highest BCUT2D eigenvalue weighted by atomic mass is 19.4. The fourth-order valence-corrected chi connectivity index (χ4v) is 1.51. The SMILES string of the molecule is O=Cc1occc1-c1cccc(OC(F)(F)F)c1. The molecule has 0 aliphatic carbocycles. The summed E-state index contributed by atoms with van der Waals surface area (Å²) in [4.78, 5) is 10.7. The normalized spacial score (nSPS) is 11.3. The molecule has 0 aliphatic heterocycles. The number of benzene rings is 1. The van der Waals surface area contributed by atoms with Crippen molar-refractivity contribution in [1.29, 1.82) is 0 Å². The molecule has 94 valence electrons. The molecule has 0 saturated heterocycles. The summed E-state index contributed by atoms with van der Waals surface area (Å²) < 4.78 is 44.9. The van der Waals surface area contributed by atoms with Crippen molar-refractivity contribution >= 4 is 6.29 Å². The highest BCUT2D eigenvalue weighted by molar-refractivity contribution is 5.84. The summed E-state index contributed by atoms with van der Waals surface area (Å²) in [5, 5.41) is 0. The first-order valence-corrected chi connectivity index (χ1v) is 4.88. The molecule has 0 amide bonds. The van der Waals surface area contributed by atoms with Crippen LogP contribution in [0.15, 0.2) is 41.0 Å². The summed E-state index contributed by atoms with van der Waals surface area (Å²) in [7, 11) is 0. The Balaban J connectivity index is 2.36. The number of carbonyl (C=O) groups is 1. The standard InChI is InChI=1S/C12H7F3O3/c13-12(14,15)18-9-3-1-2-8(6-9)10-4-5-17-11(10)7-16/h1-7H. The molecule has 1 aromatic carbocycles. The lowest BCUT2D eigenvalue weighted by Crippen LogP contribution is -2.17. The minimum absolute atomic E-state index is 0.0548. The molecule has 6 heteroatoms. The van der Waals surface area contributed by atoms with Gasteiger partial charge in [0.05, 0.1) is 6.26 Å². The van der Waals surface area contributed by atoms with E-state index in [1.54, 1.807) is 6.07 Å². The molecule has 0 atom stereocenters. The van der Waals surface area contributed by atoms with Crippen LogP contribution in [0.2, 0.25) is 0 Å². The van der Waals surface area contributed by atoms with Gasteiger partial charge in [0.15, 0.2) is 12.0 Å². The van der Waals surface area contributed by atoms with Crippen LogP contribution in [-0.4, -0.2) is 12.6 Å². The number of hydrogen-bond donors (Lipinski definition) is 0. The minimum Gasteiger partial charge on any atom is -0.461 e. The summed E-state index contributed by atoms with van der Waals surface area (Å²) in [5.74, 6) is -0.294. The molecule has 3 nitrogen and oxygen atoms in total. The van der Waals surface area contributed by atoms with Gasteiger partial charge >= 0.3 is 6.36 Å². The highest BCUT2D eigenvalue weighted by Crippen LogP contribution is 2.29. The van der Waals surface area contributed by atoms with E-state index in [0.717, 1.165) is 0 Å². The number of carbonyl (C=O) groups excluding carboxylic acids is 1. The first kappa shape index (κ1) is 12.2. The molecule has 1 heterocycles. The molecule has 2 aromatic rings. The van der Waals surface area contributed by atoms with Crippen LogP contribution in [0.3, 0.4) is 0 Å². The largest absolute Gasteiger partial charge is 0.573 e. The van der Waals surface area contributed by atoms with Gasteiger partial charge in [-0.3, -0.25) is 4.79 Å². The molecule has 18 heavy (non-hydrogen) atoms. The zero-order chi connectivity index (χ0) is 13.2. The van der Waals surface area contributed by atoms with Gasteiger partial charge in [-0.1, -0.05) is 12.1 Å². The topological polar surface area (TPSA) is 39.4 Å². The smallest absolute Gasteiger partial charge is 0.461 e. The predicted molar refractivity (Wildman–Crippen MR) is 56.2 cm³/mol. The molecule has 0 radical (unpaired) electrons. The van der Waals surface area contributed by atoms with Gasteiger partial charge in [-0.2, -0.15) is 0 Å². The van der Waals surface area contributed by atoms with Crippen LogP contribution in [0.5, 0.6) is 5.75 Å². The molecule has 0 bridgehead atoms. The molecule has 0 unspecified atom stereocenters. The van der Waals surface area contributed by atoms with Crippen LogP contribution < -0.4 is 4.74 Å². The number of ether oxygens (including phenoxy) is 1. The Morgan fingerprint density at radius 1 is 1.22 bits per heavy atom. The lowest BCUT2D eigenvalue weighted by molar-refractivity contribution is -0.274. The van der Waals surface area contributed by atoms with E-state index in [2.05, 4.69) is 4.74 Å². The van der Waals surface area contributed by atoms with E-state index in [1.165, 1.54) is 30.5 Å². The van der Waals surface area contributed by atoms with Gasteiger partial charge in [0, 0.05) is 5.56 Å². The van der Waals surface area contributed by atoms with Gasteiger partial charge in [-0.15, -0.1) is 13.2 Å². The van der Waals surface area contributed by atoms with Crippen molar-refractivity contribution in [3.05, 3.63) is 42.4 Å². The number of aldehydes is 1. The van der Waals surface area contributed by atoms with E-state index in [-0.39, 0.29) is 11.5 Å². The van der Waals surface area contributed by atoms with Gasteiger partial charge < -0.3 is 9.15 Å². The van der Waals surface area contributed by atoms with Gasteiger partial charge in [0.25, 0.3) is 0 Å². The van der Waals surface area contributed by atoms with E-state index in [9.17, 15) is 18.0 Å². The summed E-state index contributed by atoms with van der Waals surface area (Å²) >= 11 is 0. The maximum Gasteiger partial charge on any atom is 0.573 e. The first-order chi connectivity index (χ1) is 8.49. The second kappa shape index (κ2) is 4.56. The molecular weight excluding hydrogens is 249 g/mol. The molecule has 2 rings (SSSR count). The van der Waals surface area contributed by atoms with Gasteiger partial charge in [-0.05, 0) is 23.8 Å². The number of alkyl halides is 3. The molecule has 0 spiro atoms. The maximum atomic E-state index is 12.1. The lowest BCUT2D eigenvalue weighted by atomic mass is 10.1. The summed E-state index contributed by atoms with van der Waals surface area (Å²) in [6.45, 7) is 0. The van der Waals surface area contributed by atoms with Crippen LogP contribution in [0.4, 0.5) is 13.2 Å². The lowest BCUT2D eigenvalue weighted by Gasteiger charge is -2.09. The predicted octanol–water partition coefficient (Wildman–Crippen LogP) is 3.66. The van der Waals surface area contributed by atoms with Crippen molar-refractivity contribution in [2.24, 2.45) is 0 Å². The van der Waals surface area contributed by atoms with Crippen molar-refractivity contribution in [3.8, 4) is 16.9 Å². The molecule has 0 fully saturated rings. The van der Waals surface area contributed by atoms with E-state index >= 15 is 0 Å². The second-order valence-corrected chi connectivity index (χ2v) is 3.39. The Morgan fingerprint density at radius 3 is 2.67 bits per heavy atom. The highest BCUT2D eigenvalue weighted by Gasteiger charge is 2.31. The third-order valence-electron chi connectivity index (χ3n) is 2.18. The summed E-state index contributed by atoms with van der Waals surface area (Å²) in [6, 6.07) is 6.82. The molecule has 0 aliphatic rings. The van der Waals surface area contributed by atoms with Crippen LogP contribution in [0, 0.1) is 0 Å². The Labute approximate surface area is 99.8 Å². The van der Waals surface area contributed by atoms with Crippen LogP contribution in [0.1, 0.15) is 10.6 Å². The van der Waals surface area contributed by atoms with Gasteiger partial charge in [0.2, 0.25) is 0 Å². The molecular formula is C12H7F3O3. The van der Waals surface area contributed by atoms with Crippen LogP contribution in [0.25, 0.3) is 11.1 Å². The minimum atomic E-state index is -4.75. The average molecular weight is 256 g/mol. The Morgan fingerprint density at radius 2 is 2.00 bits per heavy atom. The maximum absolute atomic E-state index is 12.1. The van der Waals surface area contributed by atoms with Gasteiger partial charge in [0.1, 0.15) is 5.75 Å². The van der Waals surface area contributed by atoms with Crippen LogP contribution in [-0.2, 0) is 0 Å². The van der Waals surface area contributed by atoms with E-state index in [1.807, 2.05) is 0 Å². The van der Waals surface area contributed by atoms with E-state index in [4.69, 9.17) is 4.42 Å². The Bertz CT molecular complexity index is 558. The third kappa shape index (κ3) is 2.71. The second-order valence-electron chi connectivity index (χ2n) is 3.39. The van der Waals surface area contributed by atoms with Crippen LogP contribution >= 0.6 is 0 Å². The van der Waals surface area contributed by atoms with Crippen molar-refractivity contribution in [2.75, 3.05) is 0 Å². The van der Waals surface area contributed by atoms with Crippen molar-refractivity contribution in [1.82, 2.24) is 0 Å². The third-order valence-corrected chi connectivity index (χ3v) is 2.18. The summed E-state index contributed by atoms with van der Waals surface area (Å²) in [6.07, 6.45) is -2.97. The molecule has 1 aromatic heterocycles. The zero-order valence-electron chi connectivity index (χ0n) is 8.90. The average Bonchev–Trinajstić information content (AvgIpc) is 2.75. The number of hydrogen-bond acceptors (Lipinski definition) is 3. The number of halogens is 3. The zero-order valence-corrected chi connectivity index (χ0v) is 8.90. The molecule has 0 N–H and O–H groups in total. The quantitative estimate of drug-likeness (QED) is 0.787. The van der Waals surface area contributed by atoms with E-state index in [0.29, 0.717) is 17.4 Å². The Kier molecular flexibility index (Phi) is 3.10.